The zero-order valence-corrected chi connectivity index (χ0v) is 51.1. The van der Waals surface area contributed by atoms with E-state index in [-0.39, 0.29) is 0 Å². The third-order valence-corrected chi connectivity index (χ3v) is 14.0. The number of aromatic nitrogens is 5. The van der Waals surface area contributed by atoms with Crippen LogP contribution in [0.2, 0.25) is 0 Å². The molecule has 0 atom stereocenters. The van der Waals surface area contributed by atoms with Crippen LogP contribution in [0.4, 0.5) is 0 Å². The first-order chi connectivity index (χ1) is 41.8. The molecule has 9 aromatic carbocycles. The summed E-state index contributed by atoms with van der Waals surface area (Å²) in [6.07, 6.45) is 11.0. The monoisotopic (exact) mass is 1100 g/mol. The SMILES string of the molecule is CC.CC.CC.CC.CC.CC.c1ccc2c(c1)-c1ccccc1-c1ccncc1-c1ccccc1-2.c1ccc2c(c1)-c1ccccc1-c1cncnc1-c1ccccc1-2.c1ccc2c(c1)-c1ccccc1-c1nccnc1-c1ccccc1-2. The van der Waals surface area contributed by atoms with Crippen molar-refractivity contribution < 1.29 is 0 Å². The van der Waals surface area contributed by atoms with Crippen molar-refractivity contribution in [2.24, 2.45) is 0 Å². The largest absolute Gasteiger partial charge is 0.264 e. The molecule has 15 rings (SSSR count). The van der Waals surface area contributed by atoms with Gasteiger partial charge in [-0.1, -0.05) is 301 Å². The van der Waals surface area contributed by atoms with Gasteiger partial charge in [-0.3, -0.25) is 15.0 Å². The van der Waals surface area contributed by atoms with Crippen LogP contribution in [0.15, 0.2) is 262 Å². The van der Waals surface area contributed by atoms with Gasteiger partial charge in [-0.15, -0.1) is 0 Å². The van der Waals surface area contributed by atoms with Crippen molar-refractivity contribution in [2.75, 3.05) is 0 Å². The predicted molar refractivity (Wildman–Crippen MR) is 362 cm³/mol. The second-order valence-electron chi connectivity index (χ2n) is 17.9. The van der Waals surface area contributed by atoms with Crippen LogP contribution >= 0.6 is 0 Å². The molecule has 3 aliphatic rings. The smallest absolute Gasteiger partial charge is 0.116 e. The Bertz CT molecular complexity index is 2750. The van der Waals surface area contributed by atoms with Crippen LogP contribution in [0.25, 0.3) is 134 Å². The van der Waals surface area contributed by atoms with Gasteiger partial charge in [0.2, 0.25) is 0 Å². The summed E-state index contributed by atoms with van der Waals surface area (Å²) in [4.78, 5) is 22.7. The first-order valence-electron chi connectivity index (χ1n) is 30.2. The number of benzene rings is 9. The lowest BCUT2D eigenvalue weighted by Gasteiger charge is -2.22. The van der Waals surface area contributed by atoms with Crippen LogP contribution in [-0.4, -0.2) is 24.9 Å². The zero-order valence-electron chi connectivity index (χ0n) is 51.1. The second kappa shape index (κ2) is 31.5. The van der Waals surface area contributed by atoms with E-state index in [0.717, 1.165) is 39.3 Å². The van der Waals surface area contributed by atoms with E-state index in [1.54, 1.807) is 18.7 Å². The van der Waals surface area contributed by atoms with Gasteiger partial charge in [0.05, 0.1) is 17.1 Å². The van der Waals surface area contributed by atoms with Gasteiger partial charge in [0.15, 0.2) is 0 Å². The van der Waals surface area contributed by atoms with Crippen LogP contribution < -0.4 is 0 Å². The molecule has 420 valence electrons. The summed E-state index contributed by atoms with van der Waals surface area (Å²) >= 11 is 0. The van der Waals surface area contributed by atoms with Crippen molar-refractivity contribution in [1.82, 2.24) is 24.9 Å². The Kier molecular flexibility index (Phi) is 23.2. The van der Waals surface area contributed by atoms with Crippen LogP contribution in [0.3, 0.4) is 0 Å². The summed E-state index contributed by atoms with van der Waals surface area (Å²) in [5, 5.41) is 0. The molecule has 0 amide bonds. The Morgan fingerprint density at radius 1 is 0.167 bits per heavy atom. The van der Waals surface area contributed by atoms with Gasteiger partial charge in [0, 0.05) is 58.8 Å². The van der Waals surface area contributed by atoms with E-state index in [1.807, 2.05) is 102 Å². The van der Waals surface area contributed by atoms with Crippen molar-refractivity contribution in [2.45, 2.75) is 83.1 Å². The topological polar surface area (TPSA) is 64.5 Å². The average Bonchev–Trinajstić information content (AvgIpc) is 3.44. The molecule has 3 aromatic heterocycles. The van der Waals surface area contributed by atoms with Crippen molar-refractivity contribution in [3.8, 4) is 134 Å². The lowest BCUT2D eigenvalue weighted by molar-refractivity contribution is 1.17. The Morgan fingerprint density at radius 2 is 0.369 bits per heavy atom. The first kappa shape index (κ1) is 61.9. The highest BCUT2D eigenvalue weighted by atomic mass is 14.8. The maximum absolute atomic E-state index is 4.67. The highest BCUT2D eigenvalue weighted by Crippen LogP contribution is 2.49. The lowest BCUT2D eigenvalue weighted by Crippen LogP contribution is -1.99. The maximum Gasteiger partial charge on any atom is 0.116 e. The van der Waals surface area contributed by atoms with E-state index in [9.17, 15) is 0 Å². The summed E-state index contributed by atoms with van der Waals surface area (Å²) in [5.41, 5.74) is 28.3. The standard InChI is InChI=1S/C23H15N.2C22H14N2.6C2H6/c1-2-8-17-16(7-1)18-9-3-4-11-20(18)22-13-14-24-15-23(22)21-12-6-5-10-19(17)21;1-2-8-16-15(7-1)17-9-3-5-11-19(17)21-22(24-14-13-23-21)20-12-6-4-10-18(16)20;1-2-8-16-15(7-1)17-9-3-4-11-19(17)21-13-23-14-24-22(21)20-12-6-5-10-18(16)20;6*1-2/h1-15H;2*1-14H;6*1-2H3. The van der Waals surface area contributed by atoms with E-state index in [1.165, 1.54) is 94.6 Å². The minimum absolute atomic E-state index is 0.940. The molecule has 0 unspecified atom stereocenters. The quantitative estimate of drug-likeness (QED) is 0.151. The van der Waals surface area contributed by atoms with E-state index >= 15 is 0 Å². The van der Waals surface area contributed by atoms with Crippen molar-refractivity contribution in [3.05, 3.63) is 262 Å². The lowest BCUT2D eigenvalue weighted by atomic mass is 9.82. The van der Waals surface area contributed by atoms with Gasteiger partial charge in [-0.2, -0.15) is 0 Å². The van der Waals surface area contributed by atoms with Crippen LogP contribution in [0.5, 0.6) is 0 Å². The van der Waals surface area contributed by atoms with Gasteiger partial charge >= 0.3 is 0 Å². The summed E-state index contributed by atoms with van der Waals surface area (Å²) in [6, 6.07) is 79.1. The molecule has 0 aliphatic heterocycles. The highest BCUT2D eigenvalue weighted by Gasteiger charge is 2.25. The minimum atomic E-state index is 0.940. The molecule has 3 heterocycles. The summed E-state index contributed by atoms with van der Waals surface area (Å²) in [5.74, 6) is 0. The van der Waals surface area contributed by atoms with Gasteiger partial charge in [0.25, 0.3) is 0 Å². The van der Waals surface area contributed by atoms with Crippen molar-refractivity contribution in [1.29, 1.82) is 0 Å². The fourth-order valence-corrected chi connectivity index (χ4v) is 10.8. The molecule has 0 bridgehead atoms. The molecular formula is C79H79N5. The molecule has 0 radical (unpaired) electrons. The predicted octanol–water partition coefficient (Wildman–Crippen LogP) is 23.1. The third-order valence-electron chi connectivity index (χ3n) is 14.0. The van der Waals surface area contributed by atoms with Crippen LogP contribution in [0.1, 0.15) is 83.1 Å². The second-order valence-corrected chi connectivity index (χ2v) is 17.9. The number of fused-ring (bicyclic) bond motifs is 24. The van der Waals surface area contributed by atoms with Gasteiger partial charge < -0.3 is 0 Å². The molecule has 5 nitrogen and oxygen atoms in total. The molecule has 0 N–H and O–H groups in total. The Labute approximate surface area is 501 Å². The van der Waals surface area contributed by atoms with Crippen molar-refractivity contribution >= 4 is 0 Å². The maximum atomic E-state index is 4.67. The van der Waals surface area contributed by atoms with Crippen LogP contribution in [-0.2, 0) is 0 Å². The molecular weight excluding hydrogens is 1020 g/mol. The summed E-state index contributed by atoms with van der Waals surface area (Å²) in [7, 11) is 0. The van der Waals surface area contributed by atoms with Crippen molar-refractivity contribution in [3.63, 3.8) is 0 Å². The highest BCUT2D eigenvalue weighted by molar-refractivity contribution is 6.04. The molecule has 0 saturated carbocycles. The molecule has 3 aliphatic carbocycles. The molecule has 12 aromatic rings. The first-order valence-corrected chi connectivity index (χ1v) is 30.2. The Morgan fingerprint density at radius 3 is 0.655 bits per heavy atom. The number of pyridine rings is 1. The number of rotatable bonds is 0. The molecule has 5 heteroatoms. The Balaban J connectivity index is 0.000000166. The molecule has 0 saturated heterocycles. The number of hydrogen-bond donors (Lipinski definition) is 0. The van der Waals surface area contributed by atoms with E-state index in [2.05, 4.69) is 249 Å². The fourth-order valence-electron chi connectivity index (χ4n) is 10.8. The molecule has 0 fully saturated rings. The van der Waals surface area contributed by atoms with Gasteiger partial charge in [0.1, 0.15) is 6.33 Å². The average molecular weight is 1100 g/mol. The minimum Gasteiger partial charge on any atom is -0.264 e. The van der Waals surface area contributed by atoms with E-state index < -0.39 is 0 Å². The van der Waals surface area contributed by atoms with Gasteiger partial charge in [-0.05, 0) is 95.1 Å². The molecule has 84 heavy (non-hydrogen) atoms. The van der Waals surface area contributed by atoms with Gasteiger partial charge in [-0.25, -0.2) is 9.97 Å². The third kappa shape index (κ3) is 12.7. The summed E-state index contributed by atoms with van der Waals surface area (Å²) in [6.45, 7) is 24.0. The van der Waals surface area contributed by atoms with Crippen LogP contribution in [0, 0.1) is 0 Å². The molecule has 0 spiro atoms. The number of hydrogen-bond acceptors (Lipinski definition) is 5. The van der Waals surface area contributed by atoms with E-state index in [4.69, 9.17) is 0 Å². The number of nitrogens with zero attached hydrogens (tertiary/aromatic N) is 5. The summed E-state index contributed by atoms with van der Waals surface area (Å²) < 4.78 is 0. The zero-order chi connectivity index (χ0) is 59.8. The fraction of sp³-hybridized carbons (Fsp3) is 0.152. The van der Waals surface area contributed by atoms with E-state index in [0.29, 0.717) is 0 Å². The Hall–Kier alpha value is -9.71. The normalized spacial score (nSPS) is 10.1.